The standard InChI is InChI=1S/C16H18FN3OS/c17-13-7-2-1-6-12(13)15-19-10-14(22-15)16(21)20-8-4-3-5-11(20)9-18/h1-2,6-7,10-11H,3-5,8-9,18H2. The molecule has 2 N–H and O–H groups in total. The second-order valence-corrected chi connectivity index (χ2v) is 6.42. The van der Waals surface area contributed by atoms with Gasteiger partial charge in [0.15, 0.2) is 0 Å². The molecule has 6 heteroatoms. The van der Waals surface area contributed by atoms with Gasteiger partial charge in [0, 0.05) is 24.7 Å². The second-order valence-electron chi connectivity index (χ2n) is 5.39. The Labute approximate surface area is 132 Å². The van der Waals surface area contributed by atoms with Gasteiger partial charge < -0.3 is 10.6 Å². The van der Waals surface area contributed by atoms with E-state index in [9.17, 15) is 9.18 Å². The van der Waals surface area contributed by atoms with Gasteiger partial charge in [0.1, 0.15) is 15.7 Å². The maximum absolute atomic E-state index is 13.8. The SMILES string of the molecule is NCC1CCCCN1C(=O)c1cnc(-c2ccccc2F)s1. The number of nitrogens with zero attached hydrogens (tertiary/aromatic N) is 2. The predicted molar refractivity (Wildman–Crippen MR) is 85.2 cm³/mol. The number of benzene rings is 1. The van der Waals surface area contributed by atoms with Gasteiger partial charge in [0.2, 0.25) is 0 Å². The summed E-state index contributed by atoms with van der Waals surface area (Å²) in [4.78, 5) is 19.2. The summed E-state index contributed by atoms with van der Waals surface area (Å²) in [5, 5.41) is 0.530. The van der Waals surface area contributed by atoms with E-state index in [0.29, 0.717) is 22.0 Å². The number of hydrogen-bond acceptors (Lipinski definition) is 4. The first-order chi connectivity index (χ1) is 10.7. The zero-order chi connectivity index (χ0) is 15.5. The second kappa shape index (κ2) is 6.54. The Morgan fingerprint density at radius 3 is 3.00 bits per heavy atom. The number of rotatable bonds is 3. The van der Waals surface area contributed by atoms with Gasteiger partial charge in [-0.1, -0.05) is 12.1 Å². The normalized spacial score (nSPS) is 18.5. The van der Waals surface area contributed by atoms with Gasteiger partial charge in [0.25, 0.3) is 5.91 Å². The van der Waals surface area contributed by atoms with Crippen molar-refractivity contribution in [3.8, 4) is 10.6 Å². The number of piperidine rings is 1. The first-order valence-electron chi connectivity index (χ1n) is 7.42. The lowest BCUT2D eigenvalue weighted by Crippen LogP contribution is -2.47. The van der Waals surface area contributed by atoms with Gasteiger partial charge in [-0.05, 0) is 31.4 Å². The maximum atomic E-state index is 13.8. The molecule has 1 amide bonds. The van der Waals surface area contributed by atoms with Crippen LogP contribution in [0.4, 0.5) is 4.39 Å². The van der Waals surface area contributed by atoms with Crippen molar-refractivity contribution in [2.45, 2.75) is 25.3 Å². The van der Waals surface area contributed by atoms with E-state index in [4.69, 9.17) is 5.73 Å². The van der Waals surface area contributed by atoms with Crippen molar-refractivity contribution in [3.05, 3.63) is 41.2 Å². The fourth-order valence-corrected chi connectivity index (χ4v) is 3.69. The van der Waals surface area contributed by atoms with Crippen LogP contribution in [0.1, 0.15) is 28.9 Å². The van der Waals surface area contributed by atoms with Crippen molar-refractivity contribution >= 4 is 17.2 Å². The van der Waals surface area contributed by atoms with E-state index in [0.717, 1.165) is 25.8 Å². The van der Waals surface area contributed by atoms with Crippen LogP contribution in [0, 0.1) is 5.82 Å². The van der Waals surface area contributed by atoms with E-state index in [1.165, 1.54) is 23.6 Å². The molecule has 116 valence electrons. The lowest BCUT2D eigenvalue weighted by Gasteiger charge is -2.34. The number of halogens is 1. The van der Waals surface area contributed by atoms with Crippen LogP contribution < -0.4 is 5.73 Å². The van der Waals surface area contributed by atoms with Gasteiger partial charge in [0.05, 0.1) is 6.20 Å². The molecule has 0 spiro atoms. The summed E-state index contributed by atoms with van der Waals surface area (Å²) in [7, 11) is 0. The van der Waals surface area contributed by atoms with Gasteiger partial charge in [-0.2, -0.15) is 0 Å². The predicted octanol–water partition coefficient (Wildman–Crippen LogP) is 2.90. The average molecular weight is 319 g/mol. The molecule has 0 saturated carbocycles. The van der Waals surface area contributed by atoms with Crippen molar-refractivity contribution < 1.29 is 9.18 Å². The highest BCUT2D eigenvalue weighted by Gasteiger charge is 2.27. The molecule has 1 unspecified atom stereocenters. The number of hydrogen-bond donors (Lipinski definition) is 1. The van der Waals surface area contributed by atoms with Crippen LogP contribution in [0.3, 0.4) is 0 Å². The van der Waals surface area contributed by atoms with Crippen molar-refractivity contribution in [3.63, 3.8) is 0 Å². The lowest BCUT2D eigenvalue weighted by atomic mass is 10.0. The minimum absolute atomic E-state index is 0.0461. The molecule has 1 aromatic carbocycles. The van der Waals surface area contributed by atoms with Crippen LogP contribution in [0.25, 0.3) is 10.6 Å². The maximum Gasteiger partial charge on any atom is 0.265 e. The van der Waals surface area contributed by atoms with Crippen LogP contribution in [-0.4, -0.2) is 34.9 Å². The number of likely N-dealkylation sites (tertiary alicyclic amines) is 1. The molecule has 3 rings (SSSR count). The van der Waals surface area contributed by atoms with Gasteiger partial charge in [-0.3, -0.25) is 4.79 Å². The number of nitrogens with two attached hydrogens (primary N) is 1. The smallest absolute Gasteiger partial charge is 0.265 e. The lowest BCUT2D eigenvalue weighted by molar-refractivity contribution is 0.0628. The summed E-state index contributed by atoms with van der Waals surface area (Å²) in [6, 6.07) is 6.56. The Hall–Kier alpha value is -1.79. The van der Waals surface area contributed by atoms with Crippen LogP contribution in [0.15, 0.2) is 30.5 Å². The molecule has 1 aliphatic heterocycles. The zero-order valence-corrected chi connectivity index (χ0v) is 13.0. The summed E-state index contributed by atoms with van der Waals surface area (Å²) >= 11 is 1.23. The van der Waals surface area contributed by atoms with Crippen molar-refractivity contribution in [1.82, 2.24) is 9.88 Å². The highest BCUT2D eigenvalue weighted by atomic mass is 32.1. The van der Waals surface area contributed by atoms with E-state index >= 15 is 0 Å². The van der Waals surface area contributed by atoms with Crippen LogP contribution in [0.2, 0.25) is 0 Å². The molecule has 1 saturated heterocycles. The van der Waals surface area contributed by atoms with Gasteiger partial charge in [-0.25, -0.2) is 9.37 Å². The fourth-order valence-electron chi connectivity index (χ4n) is 2.79. The topological polar surface area (TPSA) is 59.2 Å². The minimum atomic E-state index is -0.325. The molecule has 0 bridgehead atoms. The van der Waals surface area contributed by atoms with E-state index < -0.39 is 0 Å². The zero-order valence-electron chi connectivity index (χ0n) is 12.2. The third kappa shape index (κ3) is 2.89. The number of carbonyl (C=O) groups excluding carboxylic acids is 1. The Bertz CT molecular complexity index is 673. The molecule has 1 aliphatic rings. The number of aromatic nitrogens is 1. The molecule has 2 aromatic rings. The Morgan fingerprint density at radius 1 is 1.41 bits per heavy atom. The Balaban J connectivity index is 1.84. The summed E-state index contributed by atoms with van der Waals surface area (Å²) in [6.07, 6.45) is 4.59. The molecule has 22 heavy (non-hydrogen) atoms. The molecule has 0 aliphatic carbocycles. The van der Waals surface area contributed by atoms with E-state index in [2.05, 4.69) is 4.98 Å². The first kappa shape index (κ1) is 15.1. The third-order valence-electron chi connectivity index (χ3n) is 3.98. The molecule has 1 fully saturated rings. The van der Waals surface area contributed by atoms with E-state index in [1.54, 1.807) is 18.2 Å². The van der Waals surface area contributed by atoms with E-state index in [-0.39, 0.29) is 17.8 Å². The largest absolute Gasteiger partial charge is 0.334 e. The summed E-state index contributed by atoms with van der Waals surface area (Å²) in [5.74, 6) is -0.371. The Morgan fingerprint density at radius 2 is 2.23 bits per heavy atom. The molecule has 2 heterocycles. The van der Waals surface area contributed by atoms with Crippen molar-refractivity contribution in [2.24, 2.45) is 5.73 Å². The quantitative estimate of drug-likeness (QED) is 0.946. The van der Waals surface area contributed by atoms with Crippen LogP contribution >= 0.6 is 11.3 Å². The minimum Gasteiger partial charge on any atom is -0.334 e. The Kier molecular flexibility index (Phi) is 4.49. The van der Waals surface area contributed by atoms with Gasteiger partial charge >= 0.3 is 0 Å². The molecule has 1 atom stereocenters. The molecular weight excluding hydrogens is 301 g/mol. The molecule has 4 nitrogen and oxygen atoms in total. The van der Waals surface area contributed by atoms with Gasteiger partial charge in [-0.15, -0.1) is 11.3 Å². The van der Waals surface area contributed by atoms with Crippen LogP contribution in [0.5, 0.6) is 0 Å². The average Bonchev–Trinajstić information content (AvgIpc) is 3.04. The number of amides is 1. The molecule has 0 radical (unpaired) electrons. The fraction of sp³-hybridized carbons (Fsp3) is 0.375. The van der Waals surface area contributed by atoms with E-state index in [1.807, 2.05) is 4.90 Å². The van der Waals surface area contributed by atoms with Crippen molar-refractivity contribution in [1.29, 1.82) is 0 Å². The monoisotopic (exact) mass is 319 g/mol. The summed E-state index contributed by atoms with van der Waals surface area (Å²) < 4.78 is 13.8. The number of thiazole rings is 1. The van der Waals surface area contributed by atoms with Crippen molar-refractivity contribution in [2.75, 3.05) is 13.1 Å². The highest BCUT2D eigenvalue weighted by Crippen LogP contribution is 2.29. The summed E-state index contributed by atoms with van der Waals surface area (Å²) in [6.45, 7) is 1.21. The number of carbonyl (C=O) groups is 1. The molecular formula is C16H18FN3OS. The molecule has 1 aromatic heterocycles. The van der Waals surface area contributed by atoms with Crippen LogP contribution in [-0.2, 0) is 0 Å². The highest BCUT2D eigenvalue weighted by molar-refractivity contribution is 7.16. The first-order valence-corrected chi connectivity index (χ1v) is 8.24. The summed E-state index contributed by atoms with van der Waals surface area (Å²) in [5.41, 5.74) is 6.20. The third-order valence-corrected chi connectivity index (χ3v) is 5.00.